The van der Waals surface area contributed by atoms with Gasteiger partial charge >= 0.3 is 6.03 Å². The molecule has 0 bridgehead atoms. The molecule has 0 saturated carbocycles. The zero-order valence-corrected chi connectivity index (χ0v) is 15.2. The number of para-hydroxylation sites is 1. The molecule has 3 rings (SSSR count). The first-order valence-electron chi connectivity index (χ1n) is 8.58. The summed E-state index contributed by atoms with van der Waals surface area (Å²) in [5.41, 5.74) is 3.86. The van der Waals surface area contributed by atoms with Crippen LogP contribution in [0.2, 0.25) is 0 Å². The number of anilines is 1. The average Bonchev–Trinajstić information content (AvgIpc) is 3.10. The van der Waals surface area contributed by atoms with E-state index < -0.39 is 0 Å². The fraction of sp³-hybridized carbons (Fsp3) is 0.250. The molecule has 134 valence electrons. The molecule has 2 amide bonds. The SMILES string of the molecule is CCN(Cc1nc(-c2ccc(C)cc2)no1)C(=O)Nc1ccccc1C. The molecule has 0 fully saturated rings. The fourth-order valence-electron chi connectivity index (χ4n) is 2.54. The first kappa shape index (κ1) is 17.7. The quantitative estimate of drug-likeness (QED) is 0.740. The smallest absolute Gasteiger partial charge is 0.322 e. The van der Waals surface area contributed by atoms with Gasteiger partial charge in [-0.1, -0.05) is 53.2 Å². The minimum atomic E-state index is -0.197. The Hall–Kier alpha value is -3.15. The Morgan fingerprint density at radius 2 is 1.85 bits per heavy atom. The summed E-state index contributed by atoms with van der Waals surface area (Å²) >= 11 is 0. The van der Waals surface area contributed by atoms with Crippen LogP contribution in [0.5, 0.6) is 0 Å². The number of urea groups is 1. The molecule has 26 heavy (non-hydrogen) atoms. The summed E-state index contributed by atoms with van der Waals surface area (Å²) in [6.45, 7) is 6.68. The number of hydrogen-bond donors (Lipinski definition) is 1. The lowest BCUT2D eigenvalue weighted by atomic mass is 10.1. The molecule has 1 N–H and O–H groups in total. The highest BCUT2D eigenvalue weighted by Crippen LogP contribution is 2.18. The molecular formula is C20H22N4O2. The topological polar surface area (TPSA) is 71.3 Å². The minimum absolute atomic E-state index is 0.197. The van der Waals surface area contributed by atoms with Gasteiger partial charge in [0.05, 0.1) is 0 Å². The molecule has 1 aromatic heterocycles. The van der Waals surface area contributed by atoms with Gasteiger partial charge in [-0.05, 0) is 32.4 Å². The zero-order chi connectivity index (χ0) is 18.5. The normalized spacial score (nSPS) is 10.6. The maximum absolute atomic E-state index is 12.5. The van der Waals surface area contributed by atoms with Gasteiger partial charge in [0.15, 0.2) is 0 Å². The monoisotopic (exact) mass is 350 g/mol. The zero-order valence-electron chi connectivity index (χ0n) is 15.2. The van der Waals surface area contributed by atoms with Crippen LogP contribution < -0.4 is 5.32 Å². The van der Waals surface area contributed by atoms with Crippen molar-refractivity contribution >= 4 is 11.7 Å². The summed E-state index contributed by atoms with van der Waals surface area (Å²) in [5.74, 6) is 0.928. The van der Waals surface area contributed by atoms with Gasteiger partial charge in [0.25, 0.3) is 0 Å². The Morgan fingerprint density at radius 1 is 1.12 bits per heavy atom. The van der Waals surface area contributed by atoms with Crippen LogP contribution in [0.1, 0.15) is 23.9 Å². The molecule has 0 saturated heterocycles. The first-order chi connectivity index (χ1) is 12.6. The third-order valence-electron chi connectivity index (χ3n) is 4.16. The number of nitrogens with zero attached hydrogens (tertiary/aromatic N) is 3. The highest BCUT2D eigenvalue weighted by atomic mass is 16.5. The Morgan fingerprint density at radius 3 is 2.54 bits per heavy atom. The third-order valence-corrected chi connectivity index (χ3v) is 4.16. The van der Waals surface area contributed by atoms with Crippen molar-refractivity contribution in [3.63, 3.8) is 0 Å². The van der Waals surface area contributed by atoms with Crippen molar-refractivity contribution < 1.29 is 9.32 Å². The number of aromatic nitrogens is 2. The molecule has 0 atom stereocenters. The number of benzene rings is 2. The summed E-state index contributed by atoms with van der Waals surface area (Å²) in [4.78, 5) is 18.6. The number of nitrogens with one attached hydrogen (secondary N) is 1. The maximum Gasteiger partial charge on any atom is 0.322 e. The molecule has 0 radical (unpaired) electrons. The van der Waals surface area contributed by atoms with E-state index in [0.717, 1.165) is 16.8 Å². The van der Waals surface area contributed by atoms with Crippen LogP contribution >= 0.6 is 0 Å². The molecule has 0 aliphatic heterocycles. The molecule has 0 unspecified atom stereocenters. The van der Waals surface area contributed by atoms with Gasteiger partial charge in [-0.3, -0.25) is 0 Å². The van der Waals surface area contributed by atoms with Crippen molar-refractivity contribution in [1.82, 2.24) is 15.0 Å². The maximum atomic E-state index is 12.5. The summed E-state index contributed by atoms with van der Waals surface area (Å²) in [6, 6.07) is 15.4. The van der Waals surface area contributed by atoms with Gasteiger partial charge < -0.3 is 14.7 Å². The highest BCUT2D eigenvalue weighted by Gasteiger charge is 2.17. The average molecular weight is 350 g/mol. The Labute approximate surface area is 152 Å². The first-order valence-corrected chi connectivity index (χ1v) is 8.58. The number of aryl methyl sites for hydroxylation is 2. The standard InChI is InChI=1S/C20H22N4O2/c1-4-24(20(25)21-17-8-6-5-7-15(17)3)13-18-22-19(23-26-18)16-11-9-14(2)10-12-16/h5-12H,4,13H2,1-3H3,(H,21,25). The van der Waals surface area contributed by atoms with Crippen LogP contribution in [0, 0.1) is 13.8 Å². The molecule has 0 aliphatic carbocycles. The number of carbonyl (C=O) groups excluding carboxylic acids is 1. The van der Waals surface area contributed by atoms with Gasteiger partial charge in [-0.15, -0.1) is 0 Å². The van der Waals surface area contributed by atoms with E-state index >= 15 is 0 Å². The van der Waals surface area contributed by atoms with E-state index in [9.17, 15) is 4.79 Å². The molecule has 0 spiro atoms. The van der Waals surface area contributed by atoms with E-state index in [4.69, 9.17) is 4.52 Å². The lowest BCUT2D eigenvalue weighted by Crippen LogP contribution is -2.34. The van der Waals surface area contributed by atoms with E-state index in [1.807, 2.05) is 69.3 Å². The minimum Gasteiger partial charge on any atom is -0.337 e. The van der Waals surface area contributed by atoms with Crippen LogP contribution in [-0.2, 0) is 6.54 Å². The van der Waals surface area contributed by atoms with Crippen LogP contribution in [0.25, 0.3) is 11.4 Å². The summed E-state index contributed by atoms with van der Waals surface area (Å²) in [6.07, 6.45) is 0. The van der Waals surface area contributed by atoms with E-state index in [1.165, 1.54) is 5.56 Å². The second kappa shape index (κ2) is 7.82. The molecule has 3 aromatic rings. The van der Waals surface area contributed by atoms with Gasteiger partial charge in [0, 0.05) is 17.8 Å². The van der Waals surface area contributed by atoms with Crippen LogP contribution in [0.15, 0.2) is 53.1 Å². The van der Waals surface area contributed by atoms with E-state index in [0.29, 0.717) is 18.3 Å². The molecule has 6 heteroatoms. The molecule has 0 aliphatic rings. The number of amides is 2. The summed E-state index contributed by atoms with van der Waals surface area (Å²) in [7, 11) is 0. The summed E-state index contributed by atoms with van der Waals surface area (Å²) < 4.78 is 5.32. The molecule has 1 heterocycles. The Kier molecular flexibility index (Phi) is 5.31. The van der Waals surface area contributed by atoms with Crippen molar-refractivity contribution in [2.24, 2.45) is 0 Å². The predicted octanol–water partition coefficient (Wildman–Crippen LogP) is 4.41. The Balaban J connectivity index is 1.69. The summed E-state index contributed by atoms with van der Waals surface area (Å²) in [5, 5.41) is 6.94. The van der Waals surface area contributed by atoms with Gasteiger partial charge in [-0.25, -0.2) is 4.79 Å². The molecule has 6 nitrogen and oxygen atoms in total. The van der Waals surface area contributed by atoms with Crippen molar-refractivity contribution in [3.8, 4) is 11.4 Å². The fourth-order valence-corrected chi connectivity index (χ4v) is 2.54. The van der Waals surface area contributed by atoms with Crippen LogP contribution in [0.4, 0.5) is 10.5 Å². The lowest BCUT2D eigenvalue weighted by molar-refractivity contribution is 0.203. The van der Waals surface area contributed by atoms with E-state index in [-0.39, 0.29) is 12.6 Å². The van der Waals surface area contributed by atoms with Crippen molar-refractivity contribution in [3.05, 3.63) is 65.5 Å². The molecule has 2 aromatic carbocycles. The second-order valence-corrected chi connectivity index (χ2v) is 6.14. The van der Waals surface area contributed by atoms with Crippen LogP contribution in [0.3, 0.4) is 0 Å². The number of carbonyl (C=O) groups is 1. The second-order valence-electron chi connectivity index (χ2n) is 6.14. The van der Waals surface area contributed by atoms with Crippen molar-refractivity contribution in [1.29, 1.82) is 0 Å². The third kappa shape index (κ3) is 4.08. The van der Waals surface area contributed by atoms with Crippen molar-refractivity contribution in [2.45, 2.75) is 27.3 Å². The largest absolute Gasteiger partial charge is 0.337 e. The number of hydrogen-bond acceptors (Lipinski definition) is 4. The lowest BCUT2D eigenvalue weighted by Gasteiger charge is -2.20. The van der Waals surface area contributed by atoms with E-state index in [1.54, 1.807) is 4.90 Å². The Bertz CT molecular complexity index is 887. The van der Waals surface area contributed by atoms with Crippen LogP contribution in [-0.4, -0.2) is 27.6 Å². The molecular weight excluding hydrogens is 328 g/mol. The van der Waals surface area contributed by atoms with E-state index in [2.05, 4.69) is 15.5 Å². The van der Waals surface area contributed by atoms with Gasteiger partial charge in [0.2, 0.25) is 11.7 Å². The predicted molar refractivity (Wildman–Crippen MR) is 101 cm³/mol. The van der Waals surface area contributed by atoms with Gasteiger partial charge in [0.1, 0.15) is 6.54 Å². The van der Waals surface area contributed by atoms with Gasteiger partial charge in [-0.2, -0.15) is 4.98 Å². The van der Waals surface area contributed by atoms with Crippen molar-refractivity contribution in [2.75, 3.05) is 11.9 Å². The highest BCUT2D eigenvalue weighted by molar-refractivity contribution is 5.90. The number of rotatable bonds is 5.